The van der Waals surface area contributed by atoms with Gasteiger partial charge in [0.05, 0.1) is 6.54 Å². The Bertz CT molecular complexity index is 433. The summed E-state index contributed by atoms with van der Waals surface area (Å²) in [5.74, 6) is 1.76. The van der Waals surface area contributed by atoms with Crippen LogP contribution in [-0.4, -0.2) is 35.8 Å². The van der Waals surface area contributed by atoms with E-state index in [0.29, 0.717) is 13.0 Å². The molecule has 0 radical (unpaired) electrons. The summed E-state index contributed by atoms with van der Waals surface area (Å²) in [5, 5.41) is 8.52. The van der Waals surface area contributed by atoms with Crippen LogP contribution in [0.4, 0.5) is 0 Å². The Morgan fingerprint density at radius 2 is 2.11 bits per heavy atom. The first-order valence-electron chi connectivity index (χ1n) is 5.63. The fraction of sp³-hybridized carbons (Fsp3) is 0.357. The highest BCUT2D eigenvalue weighted by Crippen LogP contribution is 2.10. The van der Waals surface area contributed by atoms with Crippen LogP contribution in [0.25, 0.3) is 0 Å². The van der Waals surface area contributed by atoms with Crippen molar-refractivity contribution in [3.63, 3.8) is 0 Å². The lowest BCUT2D eigenvalue weighted by atomic mass is 10.0. The number of hydrogen-bond acceptors (Lipinski definition) is 4. The number of benzene rings is 1. The minimum atomic E-state index is -0.701. The number of carbonyl (C=O) groups excluding carboxylic acids is 1. The third kappa shape index (κ3) is 3.88. The summed E-state index contributed by atoms with van der Waals surface area (Å²) in [6, 6.07) is 7.23. The second-order valence-electron chi connectivity index (χ2n) is 4.24. The molecule has 0 aromatic heterocycles. The molecule has 1 unspecified atom stereocenters. The third-order valence-electron chi connectivity index (χ3n) is 2.78. The highest BCUT2D eigenvalue weighted by Gasteiger charge is 2.25. The second kappa shape index (κ2) is 6.80. The lowest BCUT2D eigenvalue weighted by Crippen LogP contribution is -2.41. The lowest BCUT2D eigenvalue weighted by molar-refractivity contribution is -0.239. The van der Waals surface area contributed by atoms with E-state index in [9.17, 15) is 4.79 Å². The van der Waals surface area contributed by atoms with E-state index >= 15 is 0 Å². The van der Waals surface area contributed by atoms with Crippen molar-refractivity contribution in [1.29, 1.82) is 0 Å². The summed E-state index contributed by atoms with van der Waals surface area (Å²) >= 11 is 0. The van der Waals surface area contributed by atoms with Crippen LogP contribution in [0.3, 0.4) is 0 Å². The largest absolute Gasteiger partial charge is 0.359 e. The van der Waals surface area contributed by atoms with E-state index in [1.54, 1.807) is 11.9 Å². The number of carbonyl (C=O) groups is 1. The van der Waals surface area contributed by atoms with Crippen LogP contribution in [0, 0.1) is 19.3 Å². The first-order valence-corrected chi connectivity index (χ1v) is 5.63. The predicted octanol–water partition coefficient (Wildman–Crippen LogP) is 1.49. The Morgan fingerprint density at radius 3 is 2.61 bits per heavy atom. The van der Waals surface area contributed by atoms with Gasteiger partial charge in [0.2, 0.25) is 0 Å². The van der Waals surface area contributed by atoms with E-state index < -0.39 is 12.0 Å². The molecule has 1 N–H and O–H groups in total. The molecule has 0 amide bonds. The number of rotatable bonds is 5. The smallest absolute Gasteiger partial charge is 0.299 e. The van der Waals surface area contributed by atoms with Crippen LogP contribution in [-0.2, 0) is 16.1 Å². The predicted molar refractivity (Wildman–Crippen MR) is 68.9 cm³/mol. The van der Waals surface area contributed by atoms with Crippen LogP contribution in [0.5, 0.6) is 0 Å². The molecule has 0 heterocycles. The van der Waals surface area contributed by atoms with Gasteiger partial charge in [0.15, 0.2) is 0 Å². The molecule has 1 aromatic rings. The minimum Gasteiger partial charge on any atom is -0.299 e. The Kier molecular flexibility index (Phi) is 5.37. The van der Waals surface area contributed by atoms with E-state index in [2.05, 4.69) is 10.8 Å². The molecular formula is C14H17NO3. The van der Waals surface area contributed by atoms with Gasteiger partial charge in [-0.3, -0.25) is 9.79 Å². The molecule has 0 aliphatic rings. The topological polar surface area (TPSA) is 49.8 Å². The quantitative estimate of drug-likeness (QED) is 0.486. The van der Waals surface area contributed by atoms with Crippen molar-refractivity contribution in [3.05, 3.63) is 35.4 Å². The zero-order valence-corrected chi connectivity index (χ0v) is 10.6. The Hall–Kier alpha value is -1.83. The molecule has 4 heteroatoms. The number of nitrogens with zero attached hydrogens (tertiary/aromatic N) is 1. The normalized spacial score (nSPS) is 11.9. The maximum atomic E-state index is 11.5. The molecular weight excluding hydrogens is 230 g/mol. The van der Waals surface area contributed by atoms with Crippen LogP contribution >= 0.6 is 0 Å². The van der Waals surface area contributed by atoms with Crippen molar-refractivity contribution >= 4 is 5.97 Å². The van der Waals surface area contributed by atoms with Gasteiger partial charge in [-0.2, -0.15) is 5.26 Å². The molecule has 0 saturated heterocycles. The summed E-state index contributed by atoms with van der Waals surface area (Å²) in [5.41, 5.74) is 2.14. The Labute approximate surface area is 107 Å². The monoisotopic (exact) mass is 247 g/mol. The summed E-state index contributed by atoms with van der Waals surface area (Å²) in [6.45, 7) is 2.30. The number of terminal acetylenes is 1. The van der Waals surface area contributed by atoms with E-state index in [-0.39, 0.29) is 0 Å². The molecule has 0 saturated carbocycles. The maximum absolute atomic E-state index is 11.5. The zero-order valence-electron chi connectivity index (χ0n) is 10.6. The number of aryl methyl sites for hydroxylation is 1. The van der Waals surface area contributed by atoms with Crippen molar-refractivity contribution in [2.24, 2.45) is 0 Å². The van der Waals surface area contributed by atoms with Gasteiger partial charge < -0.3 is 0 Å². The van der Waals surface area contributed by atoms with Gasteiger partial charge >= 0.3 is 5.97 Å². The summed E-state index contributed by atoms with van der Waals surface area (Å²) in [6.07, 6.45) is 5.66. The first kappa shape index (κ1) is 14.2. The molecule has 4 nitrogen and oxygen atoms in total. The number of likely N-dealkylation sites (N-methyl/N-ethyl adjacent to an activating group) is 1. The summed E-state index contributed by atoms with van der Waals surface area (Å²) in [7, 11) is 1.72. The zero-order chi connectivity index (χ0) is 13.5. The average molecular weight is 247 g/mol. The molecule has 0 spiro atoms. The van der Waals surface area contributed by atoms with E-state index in [1.165, 1.54) is 0 Å². The highest BCUT2D eigenvalue weighted by atomic mass is 17.1. The fourth-order valence-electron chi connectivity index (χ4n) is 1.68. The molecule has 96 valence electrons. The van der Waals surface area contributed by atoms with Crippen molar-refractivity contribution in [2.75, 3.05) is 13.6 Å². The van der Waals surface area contributed by atoms with Crippen molar-refractivity contribution in [2.45, 2.75) is 19.4 Å². The van der Waals surface area contributed by atoms with Crippen molar-refractivity contribution < 1.29 is 14.9 Å². The molecule has 1 rings (SSSR count). The van der Waals surface area contributed by atoms with Gasteiger partial charge in [-0.25, -0.2) is 4.79 Å². The minimum absolute atomic E-state index is 0.311. The van der Waals surface area contributed by atoms with E-state index in [4.69, 9.17) is 11.7 Å². The van der Waals surface area contributed by atoms with Gasteiger partial charge in [0, 0.05) is 0 Å². The number of hydrogen-bond donors (Lipinski definition) is 1. The van der Waals surface area contributed by atoms with E-state index in [1.807, 2.05) is 31.2 Å². The van der Waals surface area contributed by atoms with E-state index in [0.717, 1.165) is 11.1 Å². The Balaban J connectivity index is 2.81. The molecule has 0 bridgehead atoms. The average Bonchev–Trinajstić information content (AvgIpc) is 2.37. The maximum Gasteiger partial charge on any atom is 0.359 e. The van der Waals surface area contributed by atoms with Gasteiger partial charge in [-0.1, -0.05) is 35.7 Å². The molecule has 0 aliphatic heterocycles. The highest BCUT2D eigenvalue weighted by molar-refractivity contribution is 5.75. The van der Waals surface area contributed by atoms with Crippen LogP contribution in [0.15, 0.2) is 24.3 Å². The molecule has 0 aliphatic carbocycles. The molecule has 1 aromatic carbocycles. The van der Waals surface area contributed by atoms with Gasteiger partial charge in [0.1, 0.15) is 6.04 Å². The van der Waals surface area contributed by atoms with Crippen LogP contribution in [0.2, 0.25) is 0 Å². The molecule has 1 atom stereocenters. The summed E-state index contributed by atoms with van der Waals surface area (Å²) < 4.78 is 0. The molecule has 18 heavy (non-hydrogen) atoms. The van der Waals surface area contributed by atoms with Crippen molar-refractivity contribution in [3.8, 4) is 12.3 Å². The standard InChI is InChI=1S/C14H17NO3/c1-4-9-15(3)13(14(16)18-17)10-12-7-5-11(2)6-8-12/h1,5-8,13,17H,9-10H2,2-3H3. The first-order chi connectivity index (χ1) is 8.58. The van der Waals surface area contributed by atoms with Gasteiger partial charge in [0.25, 0.3) is 0 Å². The second-order valence-corrected chi connectivity index (χ2v) is 4.24. The lowest BCUT2D eigenvalue weighted by Gasteiger charge is -2.23. The van der Waals surface area contributed by atoms with Crippen molar-refractivity contribution in [1.82, 2.24) is 4.90 Å². The molecule has 0 fully saturated rings. The third-order valence-corrected chi connectivity index (χ3v) is 2.78. The SMILES string of the molecule is C#CCN(C)C(Cc1ccc(C)cc1)C(=O)OO. The van der Waals surface area contributed by atoms with Gasteiger partial charge in [-0.15, -0.1) is 6.42 Å². The Morgan fingerprint density at radius 1 is 1.50 bits per heavy atom. The van der Waals surface area contributed by atoms with Crippen LogP contribution in [0.1, 0.15) is 11.1 Å². The van der Waals surface area contributed by atoms with Crippen LogP contribution < -0.4 is 0 Å². The summed E-state index contributed by atoms with van der Waals surface area (Å²) in [4.78, 5) is 17.0. The fourth-order valence-corrected chi connectivity index (χ4v) is 1.68. The van der Waals surface area contributed by atoms with Gasteiger partial charge in [-0.05, 0) is 26.0 Å².